The highest BCUT2D eigenvalue weighted by Gasteiger charge is 2.57. The fourth-order valence-corrected chi connectivity index (χ4v) is 11.1. The van der Waals surface area contributed by atoms with Gasteiger partial charge in [-0.2, -0.15) is 13.0 Å². The first-order valence-corrected chi connectivity index (χ1v) is 18.1. The number of nitrogens with zero attached hydrogens (tertiary/aromatic N) is 2. The first kappa shape index (κ1) is 29.6. The van der Waals surface area contributed by atoms with Crippen LogP contribution in [0.15, 0.2) is 93.9 Å². The molecule has 5 nitrogen and oxygen atoms in total. The number of quaternary nitrogens is 1. The Hall–Kier alpha value is -3.08. The molecular weight excluding hydrogens is 612 g/mol. The number of fused-ring (bicyclic) bond motifs is 3. The summed E-state index contributed by atoms with van der Waals surface area (Å²) in [6, 6.07) is 19.3. The normalized spacial score (nSPS) is 25.3. The summed E-state index contributed by atoms with van der Waals surface area (Å²) in [5.41, 5.74) is 7.84. The van der Waals surface area contributed by atoms with Gasteiger partial charge in [0.15, 0.2) is 10.7 Å². The summed E-state index contributed by atoms with van der Waals surface area (Å²) in [5.74, 6) is -0.181. The van der Waals surface area contributed by atoms with Gasteiger partial charge in [-0.25, -0.2) is 8.87 Å². The van der Waals surface area contributed by atoms with Crippen molar-refractivity contribution in [1.82, 2.24) is 4.48 Å². The number of aryl methyl sites for hydroxylation is 3. The maximum atomic E-state index is 14.4. The number of benzene rings is 3. The van der Waals surface area contributed by atoms with E-state index in [0.29, 0.717) is 25.8 Å². The van der Waals surface area contributed by atoms with Crippen LogP contribution in [0.25, 0.3) is 16.3 Å². The van der Waals surface area contributed by atoms with Gasteiger partial charge in [0.25, 0.3) is 5.01 Å². The van der Waals surface area contributed by atoms with E-state index in [1.54, 1.807) is 35.2 Å². The second-order valence-corrected chi connectivity index (χ2v) is 16.0. The van der Waals surface area contributed by atoms with E-state index in [-0.39, 0.29) is 16.2 Å². The summed E-state index contributed by atoms with van der Waals surface area (Å²) in [6.45, 7) is 4.89. The van der Waals surface area contributed by atoms with Crippen molar-refractivity contribution in [3.8, 4) is 0 Å². The highest BCUT2D eigenvalue weighted by molar-refractivity contribution is 8.03. The summed E-state index contributed by atoms with van der Waals surface area (Å²) >= 11 is 3.36. The third-order valence-corrected chi connectivity index (χ3v) is 13.1. The van der Waals surface area contributed by atoms with Crippen LogP contribution in [0.2, 0.25) is 0 Å². The van der Waals surface area contributed by atoms with Gasteiger partial charge in [0, 0.05) is 37.1 Å². The fourth-order valence-electron chi connectivity index (χ4n) is 7.17. The van der Waals surface area contributed by atoms with Gasteiger partial charge in [-0.1, -0.05) is 41.7 Å². The van der Waals surface area contributed by atoms with E-state index >= 15 is 0 Å². The van der Waals surface area contributed by atoms with Crippen molar-refractivity contribution < 1.29 is 21.9 Å². The number of halogens is 1. The molecule has 3 aliphatic rings. The number of thioether (sulfide) groups is 1. The molecule has 3 heterocycles. The van der Waals surface area contributed by atoms with Gasteiger partial charge in [0.2, 0.25) is 10.9 Å². The lowest BCUT2D eigenvalue weighted by atomic mass is 9.81. The molecule has 1 aliphatic carbocycles. The van der Waals surface area contributed by atoms with Crippen LogP contribution in [0.3, 0.4) is 0 Å². The van der Waals surface area contributed by atoms with Crippen molar-refractivity contribution in [3.63, 3.8) is 0 Å². The number of aromatic nitrogens is 1. The van der Waals surface area contributed by atoms with Gasteiger partial charge in [0.1, 0.15) is 17.6 Å². The first-order chi connectivity index (χ1) is 21.0. The molecule has 9 heteroatoms. The van der Waals surface area contributed by atoms with Crippen LogP contribution in [0, 0.1) is 19.7 Å². The van der Waals surface area contributed by atoms with Crippen LogP contribution in [0.1, 0.15) is 53.3 Å². The molecule has 4 aromatic rings. The molecule has 1 fully saturated rings. The van der Waals surface area contributed by atoms with Crippen LogP contribution in [-0.2, 0) is 17.2 Å². The van der Waals surface area contributed by atoms with E-state index in [9.17, 15) is 17.4 Å². The number of hydrogen-bond acceptors (Lipinski definition) is 4. The summed E-state index contributed by atoms with van der Waals surface area (Å²) in [4.78, 5) is 1.02. The molecule has 3 atom stereocenters. The Labute approximate surface area is 266 Å². The third-order valence-electron chi connectivity index (χ3n) is 9.45. The van der Waals surface area contributed by atoms with Gasteiger partial charge in [-0.3, -0.25) is 4.55 Å². The highest BCUT2D eigenvalue weighted by Crippen LogP contribution is 2.57. The standard InChI is InChI=1S/C35H34FN2O3S3/c1-22-14-29-32(15-23(22)2)42-33(37(29)3)19-24-16-25(18-27(17-24)26-8-6-9-28(36)21-26)20-34-38(13-7-12-35(38)44(39,40)41)30-10-4-5-11-31(30)43-34/h4-6,8-11,14-16,19-21,27,35H,7,12-13,17-18H2,1-3H3/q+1/p+1/b24-19-,34-20-. The van der Waals surface area contributed by atoms with Crippen molar-refractivity contribution in [2.45, 2.75) is 55.7 Å². The minimum atomic E-state index is -4.30. The monoisotopic (exact) mass is 646 g/mol. The summed E-state index contributed by atoms with van der Waals surface area (Å²) in [6.07, 6.45) is 9.19. The third kappa shape index (κ3) is 5.08. The lowest BCUT2D eigenvalue weighted by Crippen LogP contribution is -2.52. The molecule has 1 saturated heterocycles. The lowest BCUT2D eigenvalue weighted by molar-refractivity contribution is -0.642. The van der Waals surface area contributed by atoms with Gasteiger partial charge in [0.05, 0.1) is 11.4 Å². The zero-order valence-corrected chi connectivity index (χ0v) is 27.4. The molecule has 0 bridgehead atoms. The Morgan fingerprint density at radius 1 is 1.02 bits per heavy atom. The largest absolute Gasteiger partial charge is 0.320 e. The fraction of sp³-hybridized carbons (Fsp3) is 0.286. The zero-order valence-electron chi connectivity index (χ0n) is 25.0. The molecule has 0 radical (unpaired) electrons. The number of allylic oxidation sites excluding steroid dienone is 4. The molecule has 226 valence electrons. The van der Waals surface area contributed by atoms with E-state index in [2.05, 4.69) is 55.8 Å². The van der Waals surface area contributed by atoms with Crippen LogP contribution in [0.4, 0.5) is 10.1 Å². The molecule has 0 amide bonds. The zero-order chi connectivity index (χ0) is 30.8. The second-order valence-electron chi connectivity index (χ2n) is 12.3. The lowest BCUT2D eigenvalue weighted by Gasteiger charge is -2.34. The van der Waals surface area contributed by atoms with Crippen LogP contribution < -0.4 is 9.05 Å². The molecular formula is C35H35FN2O3S3+2. The van der Waals surface area contributed by atoms with E-state index in [4.69, 9.17) is 0 Å². The Morgan fingerprint density at radius 2 is 1.82 bits per heavy atom. The van der Waals surface area contributed by atoms with Crippen LogP contribution >= 0.6 is 23.1 Å². The van der Waals surface area contributed by atoms with Gasteiger partial charge >= 0.3 is 10.1 Å². The number of para-hydroxylation sites is 1. The Balaban J connectivity index is 1.36. The molecule has 1 N–H and O–H groups in total. The average Bonchev–Trinajstić information content (AvgIpc) is 3.65. The van der Waals surface area contributed by atoms with Gasteiger partial charge in [-0.15, -0.1) is 0 Å². The summed E-state index contributed by atoms with van der Waals surface area (Å²) in [5, 5.41) is 1.11. The first-order valence-electron chi connectivity index (χ1n) is 14.9. The quantitative estimate of drug-likeness (QED) is 0.138. The molecule has 44 heavy (non-hydrogen) atoms. The van der Waals surface area contributed by atoms with Gasteiger partial charge < -0.3 is 0 Å². The second kappa shape index (κ2) is 11.1. The van der Waals surface area contributed by atoms with Crippen molar-refractivity contribution in [1.29, 1.82) is 0 Å². The number of thiazole rings is 1. The van der Waals surface area contributed by atoms with Crippen molar-refractivity contribution in [2.24, 2.45) is 7.05 Å². The summed E-state index contributed by atoms with van der Waals surface area (Å²) in [7, 11) is -2.20. The molecule has 3 unspecified atom stereocenters. The van der Waals surface area contributed by atoms with E-state index < -0.39 is 15.5 Å². The van der Waals surface area contributed by atoms with Gasteiger partial charge in [-0.05, 0) is 96.5 Å². The van der Waals surface area contributed by atoms with Crippen LogP contribution in [-0.4, -0.2) is 24.9 Å². The topological polar surface area (TPSA) is 58.3 Å². The smallest absolute Gasteiger partial charge is 0.281 e. The van der Waals surface area contributed by atoms with Crippen molar-refractivity contribution in [2.75, 3.05) is 6.54 Å². The van der Waals surface area contributed by atoms with E-state index in [1.165, 1.54) is 27.4 Å². The SMILES string of the molecule is Cc1cc2sc(/C=C3C=C(/C=C4\Sc5ccccc5[N+]45CCCC5S(=O)(=O)O)CC(c4cccc(F)c4)C/3)[n+](C)c2cc1C. The molecule has 1 aromatic heterocycles. The summed E-state index contributed by atoms with van der Waals surface area (Å²) < 4.78 is 53.9. The molecule has 7 rings (SSSR count). The van der Waals surface area contributed by atoms with E-state index in [0.717, 1.165) is 43.8 Å². The van der Waals surface area contributed by atoms with E-state index in [1.807, 2.05) is 30.3 Å². The number of hydrogen-bond donors (Lipinski definition) is 1. The molecule has 2 aliphatic heterocycles. The number of rotatable bonds is 4. The Kier molecular flexibility index (Phi) is 7.45. The predicted octanol–water partition coefficient (Wildman–Crippen LogP) is 8.33. The molecule has 1 spiro atoms. The van der Waals surface area contributed by atoms with Crippen molar-refractivity contribution in [3.05, 3.63) is 117 Å². The molecule has 3 aromatic carbocycles. The van der Waals surface area contributed by atoms with Crippen LogP contribution in [0.5, 0.6) is 0 Å². The Bertz CT molecular complexity index is 2030. The minimum Gasteiger partial charge on any atom is -0.281 e. The highest BCUT2D eigenvalue weighted by atomic mass is 32.2. The minimum absolute atomic E-state index is 0.0659. The van der Waals surface area contributed by atoms with Crippen molar-refractivity contribution >= 4 is 55.2 Å². The Morgan fingerprint density at radius 3 is 2.61 bits per heavy atom. The maximum absolute atomic E-state index is 14.4. The average molecular weight is 647 g/mol. The predicted molar refractivity (Wildman–Crippen MR) is 179 cm³/mol. The molecule has 0 saturated carbocycles. The maximum Gasteiger partial charge on any atom is 0.320 e.